The molecule has 0 aliphatic carbocycles. The molecule has 0 aromatic carbocycles. The summed E-state index contributed by atoms with van der Waals surface area (Å²) in [5, 5.41) is 10.6. The molecule has 3 heterocycles. The summed E-state index contributed by atoms with van der Waals surface area (Å²) in [6.45, 7) is 5.10. The summed E-state index contributed by atoms with van der Waals surface area (Å²) in [6.07, 6.45) is 5.49. The molecule has 0 saturated carbocycles. The predicted octanol–water partition coefficient (Wildman–Crippen LogP) is 1.23. The number of unbranched alkanes of at least 4 members (excludes halogenated alkanes) is 1. The lowest BCUT2D eigenvalue weighted by atomic mass is 9.70. The quantitative estimate of drug-likeness (QED) is 0.670. The second kappa shape index (κ2) is 3.53. The van der Waals surface area contributed by atoms with Crippen LogP contribution in [-0.2, 0) is 0 Å². The van der Waals surface area contributed by atoms with E-state index in [2.05, 4.69) is 6.92 Å². The molecule has 1 unspecified atom stereocenters. The maximum Gasteiger partial charge on any atom is 0.112 e. The van der Waals surface area contributed by atoms with E-state index in [0.29, 0.717) is 10.3 Å². The van der Waals surface area contributed by atoms with Crippen molar-refractivity contribution in [1.82, 2.24) is 0 Å². The largest absolute Gasteiger partial charge is 0.586 e. The molecule has 3 fully saturated rings. The van der Waals surface area contributed by atoms with E-state index < -0.39 is 5.60 Å². The normalized spacial score (nSPS) is 46.9. The fourth-order valence-electron chi connectivity index (χ4n) is 3.22. The molecule has 14 heavy (non-hydrogen) atoms. The summed E-state index contributed by atoms with van der Waals surface area (Å²) in [7, 11) is 6.22. The van der Waals surface area contributed by atoms with Gasteiger partial charge in [0, 0.05) is 19.0 Å². The summed E-state index contributed by atoms with van der Waals surface area (Å²) < 4.78 is 0.622. The van der Waals surface area contributed by atoms with Crippen molar-refractivity contribution in [1.29, 1.82) is 0 Å². The van der Waals surface area contributed by atoms with Crippen molar-refractivity contribution in [3.8, 4) is 0 Å². The molecule has 79 valence electrons. The van der Waals surface area contributed by atoms with Crippen LogP contribution in [0, 0.1) is 5.92 Å². The Hall–Kier alpha value is -0.0151. The highest BCUT2D eigenvalue weighted by molar-refractivity contribution is 5.97. The first kappa shape index (κ1) is 10.5. The van der Waals surface area contributed by atoms with E-state index in [9.17, 15) is 5.11 Å². The third-order valence-corrected chi connectivity index (χ3v) is 4.16. The minimum absolute atomic E-state index is 0.443. The first-order valence-electron chi connectivity index (χ1n) is 5.95. The number of quaternary nitrogens is 1. The molecule has 3 aliphatic heterocycles. The van der Waals surface area contributed by atoms with E-state index in [-0.39, 0.29) is 0 Å². The third kappa shape index (κ3) is 1.72. The van der Waals surface area contributed by atoms with Crippen molar-refractivity contribution < 1.29 is 9.50 Å². The highest BCUT2D eigenvalue weighted by Gasteiger charge is 2.47. The lowest BCUT2D eigenvalue weighted by Crippen LogP contribution is -2.68. The number of rotatable bonds is 3. The van der Waals surface area contributed by atoms with Crippen LogP contribution in [0.25, 0.3) is 0 Å². The van der Waals surface area contributed by atoms with Crippen molar-refractivity contribution in [3.63, 3.8) is 0 Å². The van der Waals surface area contributed by atoms with Crippen LogP contribution in [0.15, 0.2) is 0 Å². The molecule has 0 aromatic heterocycles. The molecule has 0 amide bonds. The van der Waals surface area contributed by atoms with Gasteiger partial charge in [0.15, 0.2) is 0 Å². The molecule has 0 aromatic rings. The average molecular weight is 194 g/mol. The Labute approximate surface area is 88.3 Å². The van der Waals surface area contributed by atoms with E-state index in [1.165, 1.54) is 6.42 Å². The number of piperidine rings is 3. The van der Waals surface area contributed by atoms with E-state index in [1.807, 2.05) is 0 Å². The number of aliphatic hydroxyl groups is 1. The molecular formula is C11H21BNO. The zero-order chi connectivity index (χ0) is 10.2. The monoisotopic (exact) mass is 194 g/mol. The SMILES string of the molecule is [B-][N+]12CCC(CC1)C(O)(CCCC)C2. The molecule has 3 aliphatic rings. The van der Waals surface area contributed by atoms with Crippen molar-refractivity contribution in [2.45, 2.75) is 44.6 Å². The summed E-state index contributed by atoms with van der Waals surface area (Å²) in [4.78, 5) is 0. The van der Waals surface area contributed by atoms with Crippen LogP contribution in [0.1, 0.15) is 39.0 Å². The fraction of sp³-hybridized carbons (Fsp3) is 1.00. The second-order valence-corrected chi connectivity index (χ2v) is 5.31. The van der Waals surface area contributed by atoms with Crippen molar-refractivity contribution in [3.05, 3.63) is 0 Å². The van der Waals surface area contributed by atoms with Crippen molar-refractivity contribution in [2.75, 3.05) is 19.6 Å². The maximum atomic E-state index is 10.6. The molecule has 3 heteroatoms. The Morgan fingerprint density at radius 1 is 1.43 bits per heavy atom. The second-order valence-electron chi connectivity index (χ2n) is 5.31. The Morgan fingerprint density at radius 2 is 2.07 bits per heavy atom. The first-order valence-corrected chi connectivity index (χ1v) is 5.95. The maximum absolute atomic E-state index is 10.6. The highest BCUT2D eigenvalue weighted by Crippen LogP contribution is 2.41. The zero-order valence-electron chi connectivity index (χ0n) is 9.21. The molecule has 3 rings (SSSR count). The van der Waals surface area contributed by atoms with Gasteiger partial charge in [0.1, 0.15) is 5.60 Å². The number of nitrogens with zero attached hydrogens (tertiary/aromatic N) is 1. The smallest absolute Gasteiger partial charge is 0.112 e. The molecule has 2 nitrogen and oxygen atoms in total. The van der Waals surface area contributed by atoms with Gasteiger partial charge in [0.25, 0.3) is 0 Å². The number of fused-ring (bicyclic) bond motifs is 3. The molecular weight excluding hydrogens is 173 g/mol. The summed E-state index contributed by atoms with van der Waals surface area (Å²) in [6, 6.07) is 0. The highest BCUT2D eigenvalue weighted by atomic mass is 16.3. The van der Waals surface area contributed by atoms with Crippen LogP contribution in [0.3, 0.4) is 0 Å². The lowest BCUT2D eigenvalue weighted by molar-refractivity contribution is -0.846. The summed E-state index contributed by atoms with van der Waals surface area (Å²) in [5.41, 5.74) is -0.443. The van der Waals surface area contributed by atoms with Crippen LogP contribution in [-0.4, -0.2) is 42.7 Å². The van der Waals surface area contributed by atoms with Gasteiger partial charge >= 0.3 is 0 Å². The first-order chi connectivity index (χ1) is 6.58. The minimum Gasteiger partial charge on any atom is -0.586 e. The molecule has 3 saturated heterocycles. The Kier molecular flexibility index (Phi) is 2.65. The Balaban J connectivity index is 2.05. The summed E-state index contributed by atoms with van der Waals surface area (Å²) >= 11 is 0. The molecule has 1 atom stereocenters. The van der Waals surface area contributed by atoms with E-state index in [4.69, 9.17) is 7.98 Å². The van der Waals surface area contributed by atoms with E-state index >= 15 is 0 Å². The number of hydrogen-bond acceptors (Lipinski definition) is 1. The molecule has 0 spiro atoms. The molecule has 2 bridgehead atoms. The van der Waals surface area contributed by atoms with Gasteiger partial charge < -0.3 is 9.50 Å². The van der Waals surface area contributed by atoms with Crippen LogP contribution < -0.4 is 0 Å². The van der Waals surface area contributed by atoms with Gasteiger partial charge in [-0.2, -0.15) is 0 Å². The van der Waals surface area contributed by atoms with E-state index in [1.54, 1.807) is 0 Å². The molecule has 3 radical (unpaired) electrons. The fourth-order valence-corrected chi connectivity index (χ4v) is 3.22. The minimum atomic E-state index is -0.443. The van der Waals surface area contributed by atoms with Gasteiger partial charge in [-0.3, -0.25) is 0 Å². The van der Waals surface area contributed by atoms with Gasteiger partial charge in [-0.05, 0) is 19.3 Å². The van der Waals surface area contributed by atoms with E-state index in [0.717, 1.165) is 45.3 Å². The van der Waals surface area contributed by atoms with Gasteiger partial charge in [-0.1, -0.05) is 19.8 Å². The third-order valence-electron chi connectivity index (χ3n) is 4.16. The van der Waals surface area contributed by atoms with Gasteiger partial charge in [-0.15, -0.1) is 0 Å². The summed E-state index contributed by atoms with van der Waals surface area (Å²) in [5.74, 6) is 0.526. The average Bonchev–Trinajstić information content (AvgIpc) is 2.15. The Bertz CT molecular complexity index is 213. The zero-order valence-corrected chi connectivity index (χ0v) is 9.21. The topological polar surface area (TPSA) is 20.2 Å². The van der Waals surface area contributed by atoms with Crippen molar-refractivity contribution >= 4 is 7.98 Å². The van der Waals surface area contributed by atoms with Crippen LogP contribution in [0.5, 0.6) is 0 Å². The molecule has 1 N–H and O–H groups in total. The van der Waals surface area contributed by atoms with Gasteiger partial charge in [-0.25, -0.2) is 7.98 Å². The van der Waals surface area contributed by atoms with Crippen LogP contribution in [0.4, 0.5) is 0 Å². The van der Waals surface area contributed by atoms with Gasteiger partial charge in [0.2, 0.25) is 0 Å². The predicted molar refractivity (Wildman–Crippen MR) is 57.8 cm³/mol. The van der Waals surface area contributed by atoms with Crippen molar-refractivity contribution in [2.24, 2.45) is 5.92 Å². The lowest BCUT2D eigenvalue weighted by Gasteiger charge is -2.64. The standard InChI is InChI=1S/C11H21BNO/c1-2-3-6-11(14)9-13(12)7-4-10(11)5-8-13/h10,14H,2-9H2,1H3. The van der Waals surface area contributed by atoms with Gasteiger partial charge in [0.05, 0.1) is 6.54 Å². The van der Waals surface area contributed by atoms with Crippen LogP contribution in [0.2, 0.25) is 0 Å². The van der Waals surface area contributed by atoms with Crippen LogP contribution >= 0.6 is 0 Å². The Morgan fingerprint density at radius 3 is 2.57 bits per heavy atom. The number of hydrogen-bond donors (Lipinski definition) is 1.